The summed E-state index contributed by atoms with van der Waals surface area (Å²) in [6, 6.07) is 4.50. The van der Waals surface area contributed by atoms with Crippen LogP contribution >= 0.6 is 11.6 Å². The number of hydrogen-bond donors (Lipinski definition) is 2. The van der Waals surface area contributed by atoms with Gasteiger partial charge < -0.3 is 10.8 Å². The van der Waals surface area contributed by atoms with Gasteiger partial charge in [0.2, 0.25) is 5.95 Å². The van der Waals surface area contributed by atoms with Crippen molar-refractivity contribution in [1.29, 1.82) is 0 Å². The number of aromatic nitrogens is 4. The van der Waals surface area contributed by atoms with E-state index in [1.165, 1.54) is 12.3 Å². The molecular weight excluding hydrogens is 321 g/mol. The van der Waals surface area contributed by atoms with Crippen LogP contribution in [0.25, 0.3) is 22.2 Å². The molecule has 23 heavy (non-hydrogen) atoms. The molecule has 0 unspecified atom stereocenters. The van der Waals surface area contributed by atoms with E-state index >= 15 is 0 Å². The molecule has 0 saturated carbocycles. The number of anilines is 1. The molecule has 0 amide bonds. The second kappa shape index (κ2) is 5.36. The maximum atomic E-state index is 14.3. The van der Waals surface area contributed by atoms with Gasteiger partial charge in [-0.05, 0) is 32.0 Å². The van der Waals surface area contributed by atoms with Gasteiger partial charge in [0.05, 0.1) is 22.6 Å². The molecular formula is C15H13ClFN5O. The average Bonchev–Trinajstić information content (AvgIpc) is 2.48. The lowest BCUT2D eigenvalue weighted by molar-refractivity contribution is 0.0731. The Kier molecular flexibility index (Phi) is 3.62. The molecule has 0 bridgehead atoms. The van der Waals surface area contributed by atoms with Crippen LogP contribution in [0.5, 0.6) is 0 Å². The summed E-state index contributed by atoms with van der Waals surface area (Å²) in [6.07, 6.45) is 1.36. The van der Waals surface area contributed by atoms with Crippen LogP contribution in [-0.2, 0) is 5.60 Å². The van der Waals surface area contributed by atoms with Crippen molar-refractivity contribution < 1.29 is 9.50 Å². The highest BCUT2D eigenvalue weighted by Gasteiger charge is 2.20. The summed E-state index contributed by atoms with van der Waals surface area (Å²) in [5.74, 6) is -0.532. The lowest BCUT2D eigenvalue weighted by Gasteiger charge is -2.16. The SMILES string of the molecule is CC(C)(O)c1cc2cc(-c3nc(N)ncc3Cl)cc(F)c2nn1. The number of halogens is 2. The predicted molar refractivity (Wildman–Crippen MR) is 85.2 cm³/mol. The first kappa shape index (κ1) is 15.5. The molecule has 3 aromatic rings. The van der Waals surface area contributed by atoms with Crippen LogP contribution in [0.15, 0.2) is 24.4 Å². The van der Waals surface area contributed by atoms with E-state index in [0.29, 0.717) is 22.3 Å². The smallest absolute Gasteiger partial charge is 0.220 e. The number of rotatable bonds is 2. The molecule has 8 heteroatoms. The van der Waals surface area contributed by atoms with Crippen molar-refractivity contribution in [2.24, 2.45) is 0 Å². The van der Waals surface area contributed by atoms with Crippen LogP contribution < -0.4 is 5.73 Å². The van der Waals surface area contributed by atoms with Gasteiger partial charge in [-0.1, -0.05) is 11.6 Å². The number of aliphatic hydroxyl groups is 1. The Bertz CT molecular complexity index is 910. The number of hydrogen-bond acceptors (Lipinski definition) is 6. The van der Waals surface area contributed by atoms with Crippen molar-refractivity contribution in [3.63, 3.8) is 0 Å². The van der Waals surface area contributed by atoms with Crippen molar-refractivity contribution in [3.05, 3.63) is 40.9 Å². The molecule has 0 radical (unpaired) electrons. The molecule has 0 atom stereocenters. The number of fused-ring (bicyclic) bond motifs is 1. The van der Waals surface area contributed by atoms with E-state index < -0.39 is 11.4 Å². The van der Waals surface area contributed by atoms with E-state index in [9.17, 15) is 9.50 Å². The quantitative estimate of drug-likeness (QED) is 0.748. The third kappa shape index (κ3) is 2.93. The Hall–Kier alpha value is -2.38. The standard InChI is InChI=1S/C15H13ClFN5O/c1-15(2,23)11-5-8-3-7(4-10(17)13(8)22-21-11)12-9(16)6-19-14(18)20-12/h3-6,23H,1-2H3,(H2,18,19,20). The van der Waals surface area contributed by atoms with Crippen LogP contribution in [0.4, 0.5) is 10.3 Å². The highest BCUT2D eigenvalue weighted by molar-refractivity contribution is 6.33. The number of benzene rings is 1. The Morgan fingerprint density at radius 3 is 2.65 bits per heavy atom. The van der Waals surface area contributed by atoms with Gasteiger partial charge in [-0.25, -0.2) is 14.4 Å². The topological polar surface area (TPSA) is 97.8 Å². The van der Waals surface area contributed by atoms with E-state index in [1.54, 1.807) is 26.0 Å². The van der Waals surface area contributed by atoms with Crippen molar-refractivity contribution in [2.45, 2.75) is 19.4 Å². The molecule has 0 saturated heterocycles. The molecule has 2 heterocycles. The third-order valence-corrected chi connectivity index (χ3v) is 3.58. The molecule has 1 aromatic carbocycles. The molecule has 118 valence electrons. The normalized spacial score (nSPS) is 11.9. The van der Waals surface area contributed by atoms with E-state index in [-0.39, 0.29) is 16.5 Å². The van der Waals surface area contributed by atoms with Gasteiger partial charge in [0.25, 0.3) is 0 Å². The van der Waals surface area contributed by atoms with Crippen LogP contribution in [0.3, 0.4) is 0 Å². The van der Waals surface area contributed by atoms with Crippen LogP contribution in [0.1, 0.15) is 19.5 Å². The van der Waals surface area contributed by atoms with Gasteiger partial charge in [0.15, 0.2) is 5.82 Å². The molecule has 0 spiro atoms. The first-order valence-corrected chi connectivity index (χ1v) is 7.12. The van der Waals surface area contributed by atoms with E-state index in [0.717, 1.165) is 0 Å². The van der Waals surface area contributed by atoms with Crippen molar-refractivity contribution in [1.82, 2.24) is 20.2 Å². The summed E-state index contributed by atoms with van der Waals surface area (Å²) in [5, 5.41) is 18.5. The fourth-order valence-corrected chi connectivity index (χ4v) is 2.33. The van der Waals surface area contributed by atoms with Crippen LogP contribution in [0, 0.1) is 5.82 Å². The third-order valence-electron chi connectivity index (χ3n) is 3.31. The predicted octanol–water partition coefficient (Wildman–Crippen LogP) is 2.69. The van der Waals surface area contributed by atoms with Crippen molar-refractivity contribution >= 4 is 28.5 Å². The Labute approximate surface area is 136 Å². The van der Waals surface area contributed by atoms with Crippen molar-refractivity contribution in [3.8, 4) is 11.3 Å². The minimum atomic E-state index is -1.19. The Morgan fingerprint density at radius 1 is 1.22 bits per heavy atom. The molecule has 0 aliphatic carbocycles. The first-order valence-electron chi connectivity index (χ1n) is 6.74. The van der Waals surface area contributed by atoms with Gasteiger partial charge in [0, 0.05) is 10.9 Å². The maximum Gasteiger partial charge on any atom is 0.220 e. The number of nitrogen functional groups attached to an aromatic ring is 1. The second-order valence-corrected chi connectivity index (χ2v) is 6.02. The zero-order valence-corrected chi connectivity index (χ0v) is 13.1. The summed E-state index contributed by atoms with van der Waals surface area (Å²) in [6.45, 7) is 3.15. The summed E-state index contributed by atoms with van der Waals surface area (Å²) >= 11 is 6.07. The summed E-state index contributed by atoms with van der Waals surface area (Å²) < 4.78 is 14.3. The van der Waals surface area contributed by atoms with Gasteiger partial charge in [-0.15, -0.1) is 5.10 Å². The summed E-state index contributed by atoms with van der Waals surface area (Å²) in [4.78, 5) is 7.83. The lowest BCUT2D eigenvalue weighted by atomic mass is 10.0. The molecule has 6 nitrogen and oxygen atoms in total. The van der Waals surface area contributed by atoms with Crippen molar-refractivity contribution in [2.75, 3.05) is 5.73 Å². The van der Waals surface area contributed by atoms with E-state index in [1.807, 2.05) is 0 Å². The van der Waals surface area contributed by atoms with Gasteiger partial charge >= 0.3 is 0 Å². The fraction of sp³-hybridized carbons (Fsp3) is 0.200. The molecule has 0 aliphatic heterocycles. The summed E-state index contributed by atoms with van der Waals surface area (Å²) in [5.41, 5.74) is 5.56. The van der Waals surface area contributed by atoms with Gasteiger partial charge in [-0.3, -0.25) is 0 Å². The molecule has 0 fully saturated rings. The Balaban J connectivity index is 2.25. The number of nitrogens with zero attached hydrogens (tertiary/aromatic N) is 4. The zero-order chi connectivity index (χ0) is 16.8. The number of nitrogens with two attached hydrogens (primary N) is 1. The largest absolute Gasteiger partial charge is 0.384 e. The lowest BCUT2D eigenvalue weighted by Crippen LogP contribution is -2.18. The molecule has 3 rings (SSSR count). The molecule has 0 aliphatic rings. The monoisotopic (exact) mass is 333 g/mol. The van der Waals surface area contributed by atoms with E-state index in [2.05, 4.69) is 20.2 Å². The molecule has 2 aromatic heterocycles. The molecule has 3 N–H and O–H groups in total. The van der Waals surface area contributed by atoms with Crippen LogP contribution in [-0.4, -0.2) is 25.3 Å². The zero-order valence-electron chi connectivity index (χ0n) is 12.4. The van der Waals surface area contributed by atoms with Gasteiger partial charge in [-0.2, -0.15) is 5.10 Å². The van der Waals surface area contributed by atoms with Crippen LogP contribution in [0.2, 0.25) is 5.02 Å². The fourth-order valence-electron chi connectivity index (χ4n) is 2.13. The highest BCUT2D eigenvalue weighted by Crippen LogP contribution is 2.30. The Morgan fingerprint density at radius 2 is 1.96 bits per heavy atom. The van der Waals surface area contributed by atoms with Gasteiger partial charge in [0.1, 0.15) is 11.1 Å². The minimum Gasteiger partial charge on any atom is -0.384 e. The minimum absolute atomic E-state index is 0.0370. The first-order chi connectivity index (χ1) is 10.8. The maximum absolute atomic E-state index is 14.3. The highest BCUT2D eigenvalue weighted by atomic mass is 35.5. The average molecular weight is 334 g/mol. The summed E-state index contributed by atoms with van der Waals surface area (Å²) in [7, 11) is 0. The van der Waals surface area contributed by atoms with E-state index in [4.69, 9.17) is 17.3 Å². The second-order valence-electron chi connectivity index (χ2n) is 5.61.